The molecule has 0 N–H and O–H groups in total. The summed E-state index contributed by atoms with van der Waals surface area (Å²) in [6, 6.07) is 14.5. The molecule has 3 aromatic rings. The average Bonchev–Trinajstić information content (AvgIpc) is 3.29. The third-order valence-corrected chi connectivity index (χ3v) is 4.23. The maximum absolute atomic E-state index is 12.9. The number of hydrogen-bond acceptors (Lipinski definition) is 6. The molecule has 0 aliphatic rings. The maximum atomic E-state index is 12.9. The predicted molar refractivity (Wildman–Crippen MR) is 110 cm³/mol. The molecule has 7 nitrogen and oxygen atoms in total. The van der Waals surface area contributed by atoms with Gasteiger partial charge in [-0.1, -0.05) is 12.1 Å². The van der Waals surface area contributed by atoms with E-state index in [1.54, 1.807) is 53.9 Å². The summed E-state index contributed by atoms with van der Waals surface area (Å²) in [5.74, 6) is 1.49. The Morgan fingerprint density at radius 3 is 2.83 bits per heavy atom. The molecule has 0 radical (unpaired) electrons. The van der Waals surface area contributed by atoms with Crippen molar-refractivity contribution in [3.8, 4) is 17.6 Å². The number of carbonyl (C=O) groups excluding carboxylic acids is 1. The van der Waals surface area contributed by atoms with Gasteiger partial charge in [0.15, 0.2) is 18.1 Å². The highest BCUT2D eigenvalue weighted by Crippen LogP contribution is 2.28. The Labute approximate surface area is 174 Å². The largest absolute Gasteiger partial charge is 0.493 e. The lowest BCUT2D eigenvalue weighted by Gasteiger charge is -2.20. The smallest absolute Gasteiger partial charge is 0.247 e. The van der Waals surface area contributed by atoms with Gasteiger partial charge in [-0.15, -0.1) is 0 Å². The highest BCUT2D eigenvalue weighted by molar-refractivity contribution is 5.91. The Morgan fingerprint density at radius 1 is 1.23 bits per heavy atom. The highest BCUT2D eigenvalue weighted by atomic mass is 16.5. The van der Waals surface area contributed by atoms with Crippen molar-refractivity contribution < 1.29 is 18.7 Å². The fourth-order valence-electron chi connectivity index (χ4n) is 2.80. The van der Waals surface area contributed by atoms with Crippen LogP contribution in [0, 0.1) is 11.3 Å². The van der Waals surface area contributed by atoms with Gasteiger partial charge in [-0.2, -0.15) is 5.26 Å². The number of carbonyl (C=O) groups is 1. The quantitative estimate of drug-likeness (QED) is 0.505. The van der Waals surface area contributed by atoms with E-state index in [0.29, 0.717) is 30.3 Å². The van der Waals surface area contributed by atoms with Crippen molar-refractivity contribution in [3.63, 3.8) is 0 Å². The molecule has 0 spiro atoms. The standard InChI is InChI=1S/C23H21N3O4/c1-28-22-14-18(6-8-21(22)30-13-10-24)7-9-23(27)26(17-20-5-3-12-29-20)16-19-4-2-11-25-15-19/h2-9,11-12,14-15H,13,16-17H2,1H3. The average molecular weight is 403 g/mol. The van der Waals surface area contributed by atoms with Crippen molar-refractivity contribution >= 4 is 12.0 Å². The zero-order valence-corrected chi connectivity index (χ0v) is 16.5. The molecule has 0 fully saturated rings. The number of amides is 1. The number of aromatic nitrogens is 1. The van der Waals surface area contributed by atoms with E-state index in [1.165, 1.54) is 13.2 Å². The number of benzene rings is 1. The van der Waals surface area contributed by atoms with E-state index in [2.05, 4.69) is 4.98 Å². The summed E-state index contributed by atoms with van der Waals surface area (Å²) >= 11 is 0. The first kappa shape index (κ1) is 20.7. The topological polar surface area (TPSA) is 88.6 Å². The molecule has 2 heterocycles. The first-order valence-corrected chi connectivity index (χ1v) is 9.25. The summed E-state index contributed by atoms with van der Waals surface area (Å²) in [6.45, 7) is 0.678. The van der Waals surface area contributed by atoms with Crippen LogP contribution in [0.25, 0.3) is 6.08 Å². The van der Waals surface area contributed by atoms with E-state index in [1.807, 2.05) is 24.3 Å². The molecule has 2 aromatic heterocycles. The molecule has 7 heteroatoms. The molecule has 0 bridgehead atoms. The highest BCUT2D eigenvalue weighted by Gasteiger charge is 2.14. The lowest BCUT2D eigenvalue weighted by molar-refractivity contribution is -0.127. The van der Waals surface area contributed by atoms with E-state index in [4.69, 9.17) is 19.2 Å². The van der Waals surface area contributed by atoms with Gasteiger partial charge >= 0.3 is 0 Å². The molecule has 152 valence electrons. The van der Waals surface area contributed by atoms with E-state index < -0.39 is 0 Å². The lowest BCUT2D eigenvalue weighted by atomic mass is 10.1. The zero-order valence-electron chi connectivity index (χ0n) is 16.5. The zero-order chi connectivity index (χ0) is 21.2. The second-order valence-electron chi connectivity index (χ2n) is 6.33. The Bertz CT molecular complexity index is 1020. The van der Waals surface area contributed by atoms with Gasteiger partial charge in [0.05, 0.1) is 19.9 Å². The van der Waals surface area contributed by atoms with Crippen molar-refractivity contribution in [2.24, 2.45) is 0 Å². The fourth-order valence-corrected chi connectivity index (χ4v) is 2.80. The minimum Gasteiger partial charge on any atom is -0.493 e. The van der Waals surface area contributed by atoms with Crippen LogP contribution in [0.5, 0.6) is 11.5 Å². The summed E-state index contributed by atoms with van der Waals surface area (Å²) in [4.78, 5) is 18.7. The number of hydrogen-bond donors (Lipinski definition) is 0. The Balaban J connectivity index is 1.75. The number of pyridine rings is 1. The van der Waals surface area contributed by atoms with Crippen LogP contribution in [0.2, 0.25) is 0 Å². The van der Waals surface area contributed by atoms with Gasteiger partial charge < -0.3 is 18.8 Å². The van der Waals surface area contributed by atoms with Crippen molar-refractivity contribution in [1.82, 2.24) is 9.88 Å². The molecule has 0 unspecified atom stereocenters. The molecule has 3 rings (SSSR count). The maximum Gasteiger partial charge on any atom is 0.247 e. The Hall–Kier alpha value is -4.05. The van der Waals surface area contributed by atoms with Gasteiger partial charge in [0.25, 0.3) is 0 Å². The Kier molecular flexibility index (Phi) is 7.23. The van der Waals surface area contributed by atoms with Crippen LogP contribution in [0.4, 0.5) is 0 Å². The third-order valence-electron chi connectivity index (χ3n) is 4.23. The van der Waals surface area contributed by atoms with Gasteiger partial charge in [0.2, 0.25) is 5.91 Å². The molecule has 0 saturated heterocycles. The summed E-state index contributed by atoms with van der Waals surface area (Å²) in [5.41, 5.74) is 1.69. The number of ether oxygens (including phenoxy) is 2. The van der Waals surface area contributed by atoms with E-state index in [9.17, 15) is 4.79 Å². The van der Waals surface area contributed by atoms with Gasteiger partial charge in [0, 0.05) is 25.0 Å². The van der Waals surface area contributed by atoms with Crippen molar-refractivity contribution in [3.05, 3.63) is 84.1 Å². The van der Waals surface area contributed by atoms with Crippen LogP contribution in [-0.4, -0.2) is 29.5 Å². The number of nitrogens with zero attached hydrogens (tertiary/aromatic N) is 3. The van der Waals surface area contributed by atoms with Crippen LogP contribution in [0.1, 0.15) is 16.9 Å². The van der Waals surface area contributed by atoms with Crippen molar-refractivity contribution in [1.29, 1.82) is 5.26 Å². The molecule has 0 aliphatic carbocycles. The van der Waals surface area contributed by atoms with Crippen molar-refractivity contribution in [2.75, 3.05) is 13.7 Å². The molecule has 30 heavy (non-hydrogen) atoms. The molecule has 0 aliphatic heterocycles. The molecule has 1 aromatic carbocycles. The SMILES string of the molecule is COc1cc(C=CC(=O)N(Cc2cccnc2)Cc2ccco2)ccc1OCC#N. The van der Waals surface area contributed by atoms with Gasteiger partial charge in [-0.25, -0.2) is 0 Å². The van der Waals surface area contributed by atoms with Crippen LogP contribution >= 0.6 is 0 Å². The second kappa shape index (κ2) is 10.5. The predicted octanol–water partition coefficient (Wildman–Crippen LogP) is 3.83. The van der Waals surface area contributed by atoms with Gasteiger partial charge in [-0.3, -0.25) is 9.78 Å². The second-order valence-corrected chi connectivity index (χ2v) is 6.33. The minimum absolute atomic E-state index is 0.0693. The number of rotatable bonds is 9. The minimum atomic E-state index is -0.168. The number of furan rings is 1. The summed E-state index contributed by atoms with van der Waals surface area (Å²) < 4.78 is 16.0. The Morgan fingerprint density at radius 2 is 2.13 bits per heavy atom. The molecule has 1 amide bonds. The monoisotopic (exact) mass is 403 g/mol. The summed E-state index contributed by atoms with van der Waals surface area (Å²) in [6.07, 6.45) is 8.22. The van der Waals surface area contributed by atoms with E-state index >= 15 is 0 Å². The van der Waals surface area contributed by atoms with E-state index in [-0.39, 0.29) is 12.5 Å². The number of methoxy groups -OCH3 is 1. The third kappa shape index (κ3) is 5.72. The van der Waals surface area contributed by atoms with Crippen LogP contribution in [0.15, 0.2) is 71.6 Å². The molecule has 0 saturated carbocycles. The lowest BCUT2D eigenvalue weighted by Crippen LogP contribution is -2.28. The summed E-state index contributed by atoms with van der Waals surface area (Å²) in [7, 11) is 1.52. The normalized spacial score (nSPS) is 10.5. The van der Waals surface area contributed by atoms with Crippen molar-refractivity contribution in [2.45, 2.75) is 13.1 Å². The summed E-state index contributed by atoms with van der Waals surface area (Å²) in [5, 5.41) is 8.66. The van der Waals surface area contributed by atoms with Crippen LogP contribution < -0.4 is 9.47 Å². The van der Waals surface area contributed by atoms with Gasteiger partial charge in [-0.05, 0) is 47.5 Å². The first-order valence-electron chi connectivity index (χ1n) is 9.25. The van der Waals surface area contributed by atoms with Crippen LogP contribution in [0.3, 0.4) is 0 Å². The number of nitriles is 1. The fraction of sp³-hybridized carbons (Fsp3) is 0.174. The molecule has 0 atom stereocenters. The first-order chi connectivity index (χ1) is 14.7. The molecular formula is C23H21N3O4. The van der Waals surface area contributed by atoms with Gasteiger partial charge in [0.1, 0.15) is 11.8 Å². The van der Waals surface area contributed by atoms with E-state index in [0.717, 1.165) is 11.1 Å². The van der Waals surface area contributed by atoms with Crippen LogP contribution in [-0.2, 0) is 17.9 Å². The molecular weight excluding hydrogens is 382 g/mol.